The van der Waals surface area contributed by atoms with Crippen molar-refractivity contribution in [2.45, 2.75) is 25.7 Å². The lowest BCUT2D eigenvalue weighted by atomic mass is 9.95. The first kappa shape index (κ1) is 11.9. The van der Waals surface area contributed by atoms with Gasteiger partial charge in [-0.3, -0.25) is 0 Å². The van der Waals surface area contributed by atoms with Gasteiger partial charge in [0.05, 0.1) is 0 Å². The van der Waals surface area contributed by atoms with Crippen LogP contribution in [0.25, 0.3) is 0 Å². The highest BCUT2D eigenvalue weighted by molar-refractivity contribution is 7.80. The summed E-state index contributed by atoms with van der Waals surface area (Å²) in [6, 6.07) is 13.5. The zero-order valence-corrected chi connectivity index (χ0v) is 12.0. The fourth-order valence-electron chi connectivity index (χ4n) is 3.06. The molecule has 0 unspecified atom stereocenters. The number of nitrogens with one attached hydrogen (secondary N) is 2. The molecule has 100 valence electrons. The van der Waals surface area contributed by atoms with Crippen LogP contribution in [0.5, 0.6) is 0 Å². The summed E-state index contributed by atoms with van der Waals surface area (Å²) in [7, 11) is 0. The Balaban J connectivity index is 1.95. The maximum Gasteiger partial charge on any atom is 0.175 e. The quantitative estimate of drug-likeness (QED) is 0.720. The Bertz CT molecular complexity index is 647. The van der Waals surface area contributed by atoms with Gasteiger partial charge in [0.15, 0.2) is 5.11 Å². The molecular formula is C17H16N2S. The molecule has 2 N–H and O–H groups in total. The summed E-state index contributed by atoms with van der Waals surface area (Å²) in [4.78, 5) is 0. The maximum atomic E-state index is 5.45. The van der Waals surface area contributed by atoms with Crippen LogP contribution in [0.1, 0.15) is 22.3 Å². The molecule has 2 aromatic rings. The smallest absolute Gasteiger partial charge is 0.175 e. The summed E-state index contributed by atoms with van der Waals surface area (Å²) >= 11 is 5.45. The predicted octanol–water partition coefficient (Wildman–Crippen LogP) is 3.69. The van der Waals surface area contributed by atoms with E-state index in [-0.39, 0.29) is 0 Å². The van der Waals surface area contributed by atoms with Gasteiger partial charge in [0.25, 0.3) is 0 Å². The largest absolute Gasteiger partial charge is 0.332 e. The van der Waals surface area contributed by atoms with Crippen LogP contribution in [0.2, 0.25) is 0 Å². The van der Waals surface area contributed by atoms with E-state index < -0.39 is 0 Å². The van der Waals surface area contributed by atoms with Gasteiger partial charge in [-0.2, -0.15) is 0 Å². The van der Waals surface area contributed by atoms with Gasteiger partial charge in [-0.05, 0) is 72.3 Å². The number of benzene rings is 2. The number of hydrogen-bond donors (Lipinski definition) is 2. The lowest BCUT2D eigenvalue weighted by molar-refractivity contribution is 0.927. The van der Waals surface area contributed by atoms with Crippen molar-refractivity contribution in [3.8, 4) is 0 Å². The fourth-order valence-corrected chi connectivity index (χ4v) is 3.28. The summed E-state index contributed by atoms with van der Waals surface area (Å²) in [5.41, 5.74) is 7.74. The molecule has 0 radical (unpaired) electrons. The molecule has 0 aliphatic carbocycles. The second kappa shape index (κ2) is 4.60. The van der Waals surface area contributed by atoms with Gasteiger partial charge in [-0.15, -0.1) is 0 Å². The van der Waals surface area contributed by atoms with Crippen molar-refractivity contribution in [2.24, 2.45) is 0 Å². The Kier molecular flexibility index (Phi) is 2.74. The zero-order chi connectivity index (χ0) is 13.5. The first-order valence-corrected chi connectivity index (χ1v) is 7.50. The molecule has 20 heavy (non-hydrogen) atoms. The molecule has 0 fully saturated rings. The molecule has 0 aromatic heterocycles. The average Bonchev–Trinajstić information content (AvgIpc) is 2.47. The molecule has 0 atom stereocenters. The minimum Gasteiger partial charge on any atom is -0.332 e. The third-order valence-electron chi connectivity index (χ3n) is 4.21. The Morgan fingerprint density at radius 2 is 1.20 bits per heavy atom. The van der Waals surface area contributed by atoms with E-state index in [0.717, 1.165) is 37.1 Å². The van der Waals surface area contributed by atoms with Crippen LogP contribution in [-0.2, 0) is 25.7 Å². The Morgan fingerprint density at radius 1 is 0.700 bits per heavy atom. The van der Waals surface area contributed by atoms with Crippen molar-refractivity contribution in [1.82, 2.24) is 0 Å². The van der Waals surface area contributed by atoms with E-state index in [9.17, 15) is 0 Å². The van der Waals surface area contributed by atoms with E-state index in [1.807, 2.05) is 0 Å². The second-order valence-corrected chi connectivity index (χ2v) is 5.97. The zero-order valence-electron chi connectivity index (χ0n) is 11.2. The number of rotatable bonds is 0. The summed E-state index contributed by atoms with van der Waals surface area (Å²) in [5, 5.41) is 7.41. The molecule has 0 saturated carbocycles. The topological polar surface area (TPSA) is 24.1 Å². The van der Waals surface area contributed by atoms with E-state index in [1.165, 1.54) is 22.3 Å². The highest BCUT2D eigenvalue weighted by Gasteiger charge is 2.14. The van der Waals surface area contributed by atoms with Crippen molar-refractivity contribution in [3.63, 3.8) is 0 Å². The first-order valence-electron chi connectivity index (χ1n) is 7.09. The Morgan fingerprint density at radius 3 is 1.70 bits per heavy atom. The highest BCUT2D eigenvalue weighted by atomic mass is 32.1. The SMILES string of the molecule is S=C1Nc2cc3ccc2CCc2ccc(cc2N1)CC3. The molecular weight excluding hydrogens is 264 g/mol. The van der Waals surface area contributed by atoms with Crippen LogP contribution >= 0.6 is 12.2 Å². The lowest BCUT2D eigenvalue weighted by Gasteiger charge is -2.13. The minimum absolute atomic E-state index is 0.686. The maximum absolute atomic E-state index is 5.45. The van der Waals surface area contributed by atoms with Gasteiger partial charge in [0, 0.05) is 11.4 Å². The fraction of sp³-hybridized carbons (Fsp3) is 0.235. The second-order valence-electron chi connectivity index (χ2n) is 5.56. The molecule has 2 aliphatic rings. The highest BCUT2D eigenvalue weighted by Crippen LogP contribution is 2.28. The van der Waals surface area contributed by atoms with Gasteiger partial charge in [0.1, 0.15) is 0 Å². The van der Waals surface area contributed by atoms with E-state index in [2.05, 4.69) is 47.0 Å². The molecule has 0 saturated heterocycles. The van der Waals surface area contributed by atoms with Crippen molar-refractivity contribution in [1.29, 1.82) is 0 Å². The van der Waals surface area contributed by atoms with Crippen LogP contribution in [0, 0.1) is 0 Å². The van der Waals surface area contributed by atoms with Crippen LogP contribution < -0.4 is 10.6 Å². The van der Waals surface area contributed by atoms with Gasteiger partial charge in [-0.1, -0.05) is 24.3 Å². The summed E-state index contributed by atoms with van der Waals surface area (Å²) in [6.07, 6.45) is 4.22. The molecule has 0 amide bonds. The number of hydrogen-bond acceptors (Lipinski definition) is 1. The van der Waals surface area contributed by atoms with Crippen LogP contribution in [0.4, 0.5) is 11.4 Å². The first-order chi connectivity index (χ1) is 9.78. The summed E-state index contributed by atoms with van der Waals surface area (Å²) in [6.45, 7) is 0. The van der Waals surface area contributed by atoms with Gasteiger partial charge in [0.2, 0.25) is 0 Å². The van der Waals surface area contributed by atoms with Crippen LogP contribution in [0.3, 0.4) is 0 Å². The molecule has 4 bridgehead atoms. The van der Waals surface area contributed by atoms with Crippen molar-refractivity contribution in [2.75, 3.05) is 10.6 Å². The standard InChI is InChI=1S/C17H16N2S/c20-17-18-15-9-11-1-2-12-4-6-14(16(10-12)19-17)8-7-13(15)5-3-11/h3-6,9-10H,1-2,7-8H2,(H2,18,19,20). The normalized spacial score (nSPS) is 16.1. The number of anilines is 2. The molecule has 2 aliphatic heterocycles. The molecule has 0 spiro atoms. The molecule has 2 nitrogen and oxygen atoms in total. The Hall–Kier alpha value is -1.87. The number of aryl methyl sites for hydroxylation is 4. The molecule has 4 rings (SSSR count). The third-order valence-corrected chi connectivity index (χ3v) is 4.42. The van der Waals surface area contributed by atoms with E-state index in [4.69, 9.17) is 12.2 Å². The van der Waals surface area contributed by atoms with Gasteiger partial charge >= 0.3 is 0 Å². The van der Waals surface area contributed by atoms with E-state index in [1.54, 1.807) is 0 Å². The minimum atomic E-state index is 0.686. The predicted molar refractivity (Wildman–Crippen MR) is 87.5 cm³/mol. The summed E-state index contributed by atoms with van der Waals surface area (Å²) in [5.74, 6) is 0. The van der Waals surface area contributed by atoms with Crippen molar-refractivity contribution < 1.29 is 0 Å². The molecule has 2 aromatic carbocycles. The monoisotopic (exact) mass is 280 g/mol. The third kappa shape index (κ3) is 2.08. The molecule has 3 heteroatoms. The van der Waals surface area contributed by atoms with Crippen molar-refractivity contribution in [3.05, 3.63) is 58.7 Å². The van der Waals surface area contributed by atoms with Gasteiger partial charge < -0.3 is 10.6 Å². The molecule has 2 heterocycles. The summed E-state index contributed by atoms with van der Waals surface area (Å²) < 4.78 is 0. The van der Waals surface area contributed by atoms with Gasteiger partial charge in [-0.25, -0.2) is 0 Å². The Labute approximate surface area is 124 Å². The van der Waals surface area contributed by atoms with Crippen molar-refractivity contribution >= 4 is 28.7 Å². The lowest BCUT2D eigenvalue weighted by Crippen LogP contribution is -2.19. The average molecular weight is 280 g/mol. The van der Waals surface area contributed by atoms with E-state index in [0.29, 0.717) is 5.11 Å². The van der Waals surface area contributed by atoms with Crippen LogP contribution in [0.15, 0.2) is 36.4 Å². The number of fused-ring (bicyclic) bond motifs is 4. The number of thiocarbonyl (C=S) groups is 1. The van der Waals surface area contributed by atoms with Crippen LogP contribution in [-0.4, -0.2) is 5.11 Å². The van der Waals surface area contributed by atoms with E-state index >= 15 is 0 Å².